The van der Waals surface area contributed by atoms with E-state index in [0.717, 1.165) is 22.4 Å². The first kappa shape index (κ1) is 22.2. The standard InChI is InChI=1S/C26H29N3O2/c1-19-11-13-22(18-20(19)2)25(30)29-24(14-12-21-8-4-3-5-9-21)26(31)28-17-15-23-10-6-7-16-27-23/h3-11,13,16,18,24H,12,14-15,17H2,1-2H3,(H,28,31)(H,29,30)/t24-/m1/s1. The van der Waals surface area contributed by atoms with E-state index >= 15 is 0 Å². The van der Waals surface area contributed by atoms with Crippen molar-refractivity contribution in [1.29, 1.82) is 0 Å². The van der Waals surface area contributed by atoms with E-state index in [1.165, 1.54) is 0 Å². The summed E-state index contributed by atoms with van der Waals surface area (Å²) in [7, 11) is 0. The molecule has 1 atom stereocenters. The average Bonchev–Trinajstić information content (AvgIpc) is 2.79. The van der Waals surface area contributed by atoms with Crippen LogP contribution in [0, 0.1) is 13.8 Å². The number of aryl methyl sites for hydroxylation is 3. The number of aromatic nitrogens is 1. The first-order valence-corrected chi connectivity index (χ1v) is 10.6. The Labute approximate surface area is 183 Å². The molecule has 0 aliphatic carbocycles. The maximum atomic E-state index is 12.9. The largest absolute Gasteiger partial charge is 0.354 e. The van der Waals surface area contributed by atoms with Gasteiger partial charge in [-0.15, -0.1) is 0 Å². The number of hydrogen-bond acceptors (Lipinski definition) is 3. The van der Waals surface area contributed by atoms with Crippen LogP contribution in [0.1, 0.15) is 39.2 Å². The van der Waals surface area contributed by atoms with Crippen LogP contribution in [0.25, 0.3) is 0 Å². The molecule has 3 aromatic rings. The van der Waals surface area contributed by atoms with Crippen molar-refractivity contribution in [2.24, 2.45) is 0 Å². The molecule has 0 bridgehead atoms. The van der Waals surface area contributed by atoms with Crippen LogP contribution in [0.3, 0.4) is 0 Å². The summed E-state index contributed by atoms with van der Waals surface area (Å²) in [6.45, 7) is 4.45. The average molecular weight is 416 g/mol. The van der Waals surface area contributed by atoms with Gasteiger partial charge in [-0.25, -0.2) is 0 Å². The van der Waals surface area contributed by atoms with Gasteiger partial charge in [0.2, 0.25) is 5.91 Å². The first-order chi connectivity index (χ1) is 15.0. The van der Waals surface area contributed by atoms with Crippen LogP contribution in [0.4, 0.5) is 0 Å². The molecular formula is C26H29N3O2. The summed E-state index contributed by atoms with van der Waals surface area (Å²) in [6, 6.07) is 20.7. The molecular weight excluding hydrogens is 386 g/mol. The Kier molecular flexibility index (Phi) is 7.93. The Morgan fingerprint density at radius 3 is 2.39 bits per heavy atom. The van der Waals surface area contributed by atoms with Crippen molar-refractivity contribution >= 4 is 11.8 Å². The topological polar surface area (TPSA) is 71.1 Å². The fourth-order valence-electron chi connectivity index (χ4n) is 3.33. The molecule has 2 amide bonds. The van der Waals surface area contributed by atoms with Crippen LogP contribution in [0.15, 0.2) is 72.9 Å². The lowest BCUT2D eigenvalue weighted by Crippen LogP contribution is -2.47. The summed E-state index contributed by atoms with van der Waals surface area (Å²) >= 11 is 0. The third kappa shape index (κ3) is 6.78. The molecule has 0 unspecified atom stereocenters. The Balaban J connectivity index is 1.64. The minimum atomic E-state index is -0.613. The SMILES string of the molecule is Cc1ccc(C(=O)N[C@H](CCc2ccccc2)C(=O)NCCc2ccccn2)cc1C. The number of hydrogen-bond donors (Lipinski definition) is 2. The normalized spacial score (nSPS) is 11.5. The maximum Gasteiger partial charge on any atom is 0.251 e. The molecule has 0 aliphatic heterocycles. The second kappa shape index (κ2) is 11.1. The van der Waals surface area contributed by atoms with Crippen LogP contribution < -0.4 is 10.6 Å². The van der Waals surface area contributed by atoms with Gasteiger partial charge in [0.05, 0.1) is 0 Å². The van der Waals surface area contributed by atoms with E-state index in [9.17, 15) is 9.59 Å². The number of carbonyl (C=O) groups excluding carboxylic acids is 2. The molecule has 0 aliphatic rings. The van der Waals surface area contributed by atoms with E-state index in [4.69, 9.17) is 0 Å². The lowest BCUT2D eigenvalue weighted by Gasteiger charge is -2.19. The van der Waals surface area contributed by atoms with E-state index in [-0.39, 0.29) is 11.8 Å². The highest BCUT2D eigenvalue weighted by atomic mass is 16.2. The van der Waals surface area contributed by atoms with Gasteiger partial charge in [0.15, 0.2) is 0 Å². The van der Waals surface area contributed by atoms with Crippen molar-refractivity contribution < 1.29 is 9.59 Å². The van der Waals surface area contributed by atoms with E-state index in [1.807, 2.05) is 74.5 Å². The molecule has 5 nitrogen and oxygen atoms in total. The van der Waals surface area contributed by atoms with Crippen molar-refractivity contribution in [3.05, 3.63) is 101 Å². The summed E-state index contributed by atoms with van der Waals surface area (Å²) in [5.41, 5.74) is 4.80. The molecule has 3 rings (SSSR count). The Morgan fingerprint density at radius 2 is 1.68 bits per heavy atom. The zero-order chi connectivity index (χ0) is 22.1. The van der Waals surface area contributed by atoms with Crippen LogP contribution in [-0.2, 0) is 17.6 Å². The summed E-state index contributed by atoms with van der Waals surface area (Å²) in [4.78, 5) is 30.0. The molecule has 0 fully saturated rings. The van der Waals surface area contributed by atoms with Crippen molar-refractivity contribution in [3.63, 3.8) is 0 Å². The van der Waals surface area contributed by atoms with Crippen LogP contribution in [-0.4, -0.2) is 29.4 Å². The van der Waals surface area contributed by atoms with E-state index in [1.54, 1.807) is 12.3 Å². The predicted octanol–water partition coefficient (Wildman–Crippen LogP) is 3.79. The van der Waals surface area contributed by atoms with Gasteiger partial charge < -0.3 is 10.6 Å². The number of amides is 2. The Morgan fingerprint density at radius 1 is 0.903 bits per heavy atom. The molecule has 2 N–H and O–H groups in total. The highest BCUT2D eigenvalue weighted by molar-refractivity contribution is 5.97. The molecule has 31 heavy (non-hydrogen) atoms. The number of pyridine rings is 1. The smallest absolute Gasteiger partial charge is 0.251 e. The molecule has 1 aromatic heterocycles. The van der Waals surface area contributed by atoms with Gasteiger partial charge in [0.25, 0.3) is 5.91 Å². The van der Waals surface area contributed by atoms with Gasteiger partial charge in [-0.3, -0.25) is 14.6 Å². The van der Waals surface area contributed by atoms with Crippen LogP contribution in [0.5, 0.6) is 0 Å². The third-order valence-corrected chi connectivity index (χ3v) is 5.36. The van der Waals surface area contributed by atoms with Crippen molar-refractivity contribution in [2.45, 2.75) is 39.2 Å². The summed E-state index contributed by atoms with van der Waals surface area (Å²) in [5, 5.41) is 5.88. The number of carbonyl (C=O) groups is 2. The number of nitrogens with one attached hydrogen (secondary N) is 2. The number of nitrogens with zero attached hydrogens (tertiary/aromatic N) is 1. The Bertz CT molecular complexity index is 1000. The second-order valence-corrected chi connectivity index (χ2v) is 7.71. The van der Waals surface area contributed by atoms with Gasteiger partial charge >= 0.3 is 0 Å². The number of benzene rings is 2. The van der Waals surface area contributed by atoms with E-state index in [2.05, 4.69) is 15.6 Å². The number of rotatable bonds is 9. The van der Waals surface area contributed by atoms with Gasteiger partial charge in [-0.1, -0.05) is 42.5 Å². The second-order valence-electron chi connectivity index (χ2n) is 7.71. The van der Waals surface area contributed by atoms with Gasteiger partial charge in [-0.2, -0.15) is 0 Å². The molecule has 2 aromatic carbocycles. The maximum absolute atomic E-state index is 12.9. The first-order valence-electron chi connectivity index (χ1n) is 10.6. The fourth-order valence-corrected chi connectivity index (χ4v) is 3.33. The molecule has 1 heterocycles. The highest BCUT2D eigenvalue weighted by Crippen LogP contribution is 2.11. The minimum absolute atomic E-state index is 0.177. The highest BCUT2D eigenvalue weighted by Gasteiger charge is 2.21. The third-order valence-electron chi connectivity index (χ3n) is 5.36. The molecule has 160 valence electrons. The van der Waals surface area contributed by atoms with E-state index in [0.29, 0.717) is 31.4 Å². The lowest BCUT2D eigenvalue weighted by molar-refractivity contribution is -0.123. The van der Waals surface area contributed by atoms with E-state index < -0.39 is 6.04 Å². The monoisotopic (exact) mass is 415 g/mol. The molecule has 0 radical (unpaired) electrons. The lowest BCUT2D eigenvalue weighted by atomic mass is 10.0. The predicted molar refractivity (Wildman–Crippen MR) is 123 cm³/mol. The minimum Gasteiger partial charge on any atom is -0.354 e. The quantitative estimate of drug-likeness (QED) is 0.559. The fraction of sp³-hybridized carbons (Fsp3) is 0.269. The zero-order valence-corrected chi connectivity index (χ0v) is 18.1. The molecule has 0 spiro atoms. The van der Waals surface area contributed by atoms with Gasteiger partial charge in [0.1, 0.15) is 6.04 Å². The van der Waals surface area contributed by atoms with Crippen molar-refractivity contribution in [3.8, 4) is 0 Å². The Hall–Kier alpha value is -3.47. The zero-order valence-electron chi connectivity index (χ0n) is 18.1. The summed E-state index contributed by atoms with van der Waals surface area (Å²) < 4.78 is 0. The summed E-state index contributed by atoms with van der Waals surface area (Å²) in [6.07, 6.45) is 3.61. The van der Waals surface area contributed by atoms with Gasteiger partial charge in [-0.05, 0) is 67.6 Å². The van der Waals surface area contributed by atoms with Gasteiger partial charge in [0, 0.05) is 30.4 Å². The summed E-state index contributed by atoms with van der Waals surface area (Å²) in [5.74, 6) is -0.412. The van der Waals surface area contributed by atoms with Crippen molar-refractivity contribution in [2.75, 3.05) is 6.54 Å². The van der Waals surface area contributed by atoms with Crippen LogP contribution >= 0.6 is 0 Å². The van der Waals surface area contributed by atoms with Crippen molar-refractivity contribution in [1.82, 2.24) is 15.6 Å². The molecule has 0 saturated carbocycles. The molecule has 5 heteroatoms. The van der Waals surface area contributed by atoms with Crippen LogP contribution in [0.2, 0.25) is 0 Å². The molecule has 0 saturated heterocycles.